The van der Waals surface area contributed by atoms with E-state index in [4.69, 9.17) is 5.73 Å². The normalized spacial score (nSPS) is 33.3. The van der Waals surface area contributed by atoms with Gasteiger partial charge in [0.05, 0.1) is 5.56 Å². The highest BCUT2D eigenvalue weighted by atomic mass is 32.1. The maximum atomic E-state index is 11.9. The molecule has 4 rings (SSSR count). The third-order valence-corrected chi connectivity index (χ3v) is 8.03. The van der Waals surface area contributed by atoms with Crippen LogP contribution in [0.2, 0.25) is 0 Å². The van der Waals surface area contributed by atoms with Crippen LogP contribution in [0.15, 0.2) is 0 Å². The van der Waals surface area contributed by atoms with Crippen molar-refractivity contribution in [3.63, 3.8) is 0 Å². The van der Waals surface area contributed by atoms with Crippen LogP contribution in [0.4, 0.5) is 5.00 Å². The number of hydrogen-bond donors (Lipinski definition) is 2. The van der Waals surface area contributed by atoms with Crippen molar-refractivity contribution < 1.29 is 9.59 Å². The number of nitrogens with one attached hydrogen (secondary N) is 1. The number of nitrogens with two attached hydrogens (primary N) is 1. The Labute approximate surface area is 165 Å². The topological polar surface area (TPSA) is 75.4 Å². The Kier molecular flexibility index (Phi) is 5.06. The Morgan fingerprint density at radius 3 is 2.67 bits per heavy atom. The Morgan fingerprint density at radius 2 is 2.04 bits per heavy atom. The second kappa shape index (κ2) is 7.21. The van der Waals surface area contributed by atoms with Gasteiger partial charge < -0.3 is 11.1 Å². The zero-order valence-corrected chi connectivity index (χ0v) is 17.2. The van der Waals surface area contributed by atoms with Gasteiger partial charge in [-0.15, -0.1) is 11.3 Å². The van der Waals surface area contributed by atoms with Gasteiger partial charge in [-0.3, -0.25) is 14.5 Å². The van der Waals surface area contributed by atoms with Crippen molar-refractivity contribution in [2.24, 2.45) is 28.9 Å². The van der Waals surface area contributed by atoms with Gasteiger partial charge in [-0.25, -0.2) is 0 Å². The minimum absolute atomic E-state index is 0.402. The van der Waals surface area contributed by atoms with Crippen LogP contribution in [0.25, 0.3) is 0 Å². The number of thiophene rings is 1. The number of fused-ring (bicyclic) bond motifs is 3. The summed E-state index contributed by atoms with van der Waals surface area (Å²) in [7, 11) is 0. The highest BCUT2D eigenvalue weighted by Gasteiger charge is 2.42. The van der Waals surface area contributed by atoms with Crippen LogP contribution in [0.5, 0.6) is 0 Å². The molecule has 2 heterocycles. The van der Waals surface area contributed by atoms with E-state index in [2.05, 4.69) is 24.1 Å². The first-order valence-electron chi connectivity index (χ1n) is 10.2. The van der Waals surface area contributed by atoms with Crippen LogP contribution in [0.1, 0.15) is 66.8 Å². The number of anilines is 1. The molecule has 2 atom stereocenters. The fourth-order valence-corrected chi connectivity index (χ4v) is 7.64. The number of hydrogen-bond acceptors (Lipinski definition) is 4. The molecule has 0 spiro atoms. The average Bonchev–Trinajstić information content (AvgIpc) is 2.90. The van der Waals surface area contributed by atoms with Crippen molar-refractivity contribution in [2.75, 3.05) is 18.4 Å². The molecule has 2 unspecified atom stereocenters. The number of nitrogens with zero attached hydrogens (tertiary/aromatic N) is 1. The molecule has 3 N–H and O–H groups in total. The van der Waals surface area contributed by atoms with Crippen LogP contribution < -0.4 is 11.1 Å². The van der Waals surface area contributed by atoms with E-state index < -0.39 is 5.91 Å². The van der Waals surface area contributed by atoms with Crippen molar-refractivity contribution in [3.8, 4) is 0 Å². The monoisotopic (exact) mass is 389 g/mol. The molecule has 6 heteroatoms. The maximum Gasteiger partial charge on any atom is 0.251 e. The van der Waals surface area contributed by atoms with Crippen LogP contribution >= 0.6 is 11.3 Å². The largest absolute Gasteiger partial charge is 0.365 e. The molecule has 2 saturated carbocycles. The molecule has 0 saturated heterocycles. The summed E-state index contributed by atoms with van der Waals surface area (Å²) in [5.74, 6) is 2.28. The molecular formula is C21H31N3O2S. The number of carbonyl (C=O) groups is 2. The van der Waals surface area contributed by atoms with Gasteiger partial charge in [0.15, 0.2) is 0 Å². The molecule has 2 bridgehead atoms. The summed E-state index contributed by atoms with van der Waals surface area (Å²) < 4.78 is 0. The summed E-state index contributed by atoms with van der Waals surface area (Å²) in [5.41, 5.74) is 7.55. The van der Waals surface area contributed by atoms with Crippen LogP contribution in [0.3, 0.4) is 0 Å². The minimum Gasteiger partial charge on any atom is -0.365 e. The van der Waals surface area contributed by atoms with E-state index in [-0.39, 0.29) is 0 Å². The lowest BCUT2D eigenvalue weighted by molar-refractivity contribution is -0.105. The molecule has 5 nitrogen and oxygen atoms in total. The van der Waals surface area contributed by atoms with E-state index in [0.29, 0.717) is 22.4 Å². The quantitative estimate of drug-likeness (QED) is 0.755. The van der Waals surface area contributed by atoms with Gasteiger partial charge >= 0.3 is 0 Å². The predicted molar refractivity (Wildman–Crippen MR) is 109 cm³/mol. The Morgan fingerprint density at radius 1 is 1.33 bits per heavy atom. The summed E-state index contributed by atoms with van der Waals surface area (Å²) in [6, 6.07) is 0. The van der Waals surface area contributed by atoms with Crippen molar-refractivity contribution in [1.82, 2.24) is 4.90 Å². The van der Waals surface area contributed by atoms with Gasteiger partial charge in [-0.05, 0) is 67.3 Å². The van der Waals surface area contributed by atoms with E-state index >= 15 is 0 Å². The predicted octanol–water partition coefficient (Wildman–Crippen LogP) is 3.63. The molecule has 3 aliphatic rings. The summed E-state index contributed by atoms with van der Waals surface area (Å²) in [6.07, 6.45) is 8.43. The minimum atomic E-state index is -0.438. The highest BCUT2D eigenvalue weighted by molar-refractivity contribution is 7.16. The van der Waals surface area contributed by atoms with Gasteiger partial charge in [-0.1, -0.05) is 13.8 Å². The van der Waals surface area contributed by atoms with E-state index in [9.17, 15) is 9.59 Å². The second-order valence-electron chi connectivity index (χ2n) is 9.56. The first-order valence-corrected chi connectivity index (χ1v) is 11.1. The third-order valence-electron chi connectivity index (χ3n) is 6.88. The van der Waals surface area contributed by atoms with E-state index in [1.807, 2.05) is 0 Å². The first-order chi connectivity index (χ1) is 12.9. The van der Waals surface area contributed by atoms with Crippen molar-refractivity contribution >= 4 is 28.7 Å². The number of rotatable bonds is 5. The molecule has 148 valence electrons. The summed E-state index contributed by atoms with van der Waals surface area (Å²) in [4.78, 5) is 26.5. The van der Waals surface area contributed by atoms with Crippen molar-refractivity contribution in [3.05, 3.63) is 16.0 Å². The van der Waals surface area contributed by atoms with Crippen LogP contribution in [-0.2, 0) is 17.8 Å². The van der Waals surface area contributed by atoms with Crippen LogP contribution in [-0.4, -0.2) is 30.3 Å². The van der Waals surface area contributed by atoms with Gasteiger partial charge in [0.1, 0.15) is 5.00 Å². The highest BCUT2D eigenvalue weighted by Crippen LogP contribution is 2.51. The van der Waals surface area contributed by atoms with Crippen molar-refractivity contribution in [2.45, 2.75) is 58.9 Å². The van der Waals surface area contributed by atoms with Gasteiger partial charge in [-0.2, -0.15) is 0 Å². The third kappa shape index (κ3) is 3.79. The van der Waals surface area contributed by atoms with Gasteiger partial charge in [0, 0.05) is 24.5 Å². The molecule has 27 heavy (non-hydrogen) atoms. The summed E-state index contributed by atoms with van der Waals surface area (Å²) in [5, 5.41) is 3.28. The molecule has 0 aromatic carbocycles. The molecule has 0 radical (unpaired) electrons. The molecule has 1 aliphatic heterocycles. The lowest BCUT2D eigenvalue weighted by Crippen LogP contribution is -2.44. The second-order valence-corrected chi connectivity index (χ2v) is 10.7. The molecule has 2 fully saturated rings. The van der Waals surface area contributed by atoms with E-state index in [0.717, 1.165) is 49.4 Å². The maximum absolute atomic E-state index is 11.9. The lowest BCUT2D eigenvalue weighted by Gasteiger charge is -2.49. The standard InChI is InChI=1S/C21H31N3O2S/c1-13-5-14-7-15(6-13)9-21(2,8-14)11-24-4-3-16-17(10-24)27-20(23-12-25)18(16)19(22)26/h12-15H,3-11H2,1-2H3,(H2,22,26)(H,23,25). The fraction of sp³-hybridized carbons (Fsp3) is 0.714. The Balaban J connectivity index is 1.48. The SMILES string of the molecule is CC1CC2CC(C1)CC(C)(CN1CCc3c(sc(NC=O)c3C(N)=O)C1)C2. The zero-order valence-electron chi connectivity index (χ0n) is 16.4. The summed E-state index contributed by atoms with van der Waals surface area (Å²) in [6.45, 7) is 7.87. The number of amides is 2. The smallest absolute Gasteiger partial charge is 0.251 e. The average molecular weight is 390 g/mol. The van der Waals surface area contributed by atoms with E-state index in [1.165, 1.54) is 48.3 Å². The molecule has 2 aliphatic carbocycles. The van der Waals surface area contributed by atoms with E-state index in [1.54, 1.807) is 0 Å². The molecule has 1 aromatic rings. The zero-order chi connectivity index (χ0) is 19.2. The number of carbonyl (C=O) groups excluding carboxylic acids is 2. The molecule has 1 aromatic heterocycles. The molecule has 2 amide bonds. The van der Waals surface area contributed by atoms with Crippen LogP contribution in [0, 0.1) is 23.2 Å². The number of primary amides is 1. The van der Waals surface area contributed by atoms with Gasteiger partial charge in [0.25, 0.3) is 5.91 Å². The Hall–Kier alpha value is -1.40. The fourth-order valence-electron chi connectivity index (χ4n) is 6.38. The summed E-state index contributed by atoms with van der Waals surface area (Å²) >= 11 is 1.51. The van der Waals surface area contributed by atoms with Gasteiger partial charge in [0.2, 0.25) is 6.41 Å². The lowest BCUT2D eigenvalue weighted by atomic mass is 9.59. The Bertz CT molecular complexity index is 726. The van der Waals surface area contributed by atoms with Crippen molar-refractivity contribution in [1.29, 1.82) is 0 Å². The first kappa shape index (κ1) is 18.9. The molecular weight excluding hydrogens is 358 g/mol.